The molecule has 7 nitrogen and oxygen atoms in total. The molecule has 2 aliphatic rings. The highest BCUT2D eigenvalue weighted by Crippen LogP contribution is 2.34. The standard InChI is InChI=1S/C21H22FN3O4/c1-13-20(26)23-18-11-14(10-17(22)19(18)29-13)12-24-6-8-25(9-7-24)16-4-2-15(3-5-16)21(27)28/h2-5,10-11,13H,6-9,12H2,1H3,(H,23,26)(H,27,28). The van der Waals surface area contributed by atoms with Gasteiger partial charge in [-0.3, -0.25) is 9.69 Å². The van der Waals surface area contributed by atoms with Gasteiger partial charge >= 0.3 is 5.97 Å². The Morgan fingerprint density at radius 3 is 2.55 bits per heavy atom. The van der Waals surface area contributed by atoms with Crippen molar-refractivity contribution >= 4 is 23.3 Å². The minimum atomic E-state index is -0.935. The van der Waals surface area contributed by atoms with Crippen molar-refractivity contribution in [3.8, 4) is 5.75 Å². The van der Waals surface area contributed by atoms with Crippen LogP contribution >= 0.6 is 0 Å². The van der Waals surface area contributed by atoms with Gasteiger partial charge in [-0.1, -0.05) is 0 Å². The van der Waals surface area contributed by atoms with Crippen LogP contribution in [0.5, 0.6) is 5.75 Å². The van der Waals surface area contributed by atoms with Crippen molar-refractivity contribution in [1.82, 2.24) is 4.90 Å². The lowest BCUT2D eigenvalue weighted by Crippen LogP contribution is -2.46. The Morgan fingerprint density at radius 1 is 1.21 bits per heavy atom. The molecule has 0 radical (unpaired) electrons. The van der Waals surface area contributed by atoms with E-state index in [2.05, 4.69) is 15.1 Å². The van der Waals surface area contributed by atoms with E-state index in [1.807, 2.05) is 12.1 Å². The predicted octanol–water partition coefficient (Wildman–Crippen LogP) is 2.57. The molecule has 1 fully saturated rings. The van der Waals surface area contributed by atoms with E-state index in [1.54, 1.807) is 25.1 Å². The van der Waals surface area contributed by atoms with Crippen molar-refractivity contribution in [2.75, 3.05) is 36.4 Å². The predicted molar refractivity (Wildman–Crippen MR) is 106 cm³/mol. The van der Waals surface area contributed by atoms with Gasteiger partial charge in [0, 0.05) is 38.4 Å². The van der Waals surface area contributed by atoms with E-state index < -0.39 is 17.9 Å². The minimum Gasteiger partial charge on any atom is -0.478 e. The summed E-state index contributed by atoms with van der Waals surface area (Å²) in [5.74, 6) is -1.59. The van der Waals surface area contributed by atoms with Gasteiger partial charge in [0.05, 0.1) is 11.3 Å². The van der Waals surface area contributed by atoms with Crippen molar-refractivity contribution in [2.24, 2.45) is 0 Å². The molecule has 0 bridgehead atoms. The average Bonchev–Trinajstić information content (AvgIpc) is 2.70. The fourth-order valence-electron chi connectivity index (χ4n) is 3.66. The summed E-state index contributed by atoms with van der Waals surface area (Å²) >= 11 is 0. The van der Waals surface area contributed by atoms with Gasteiger partial charge in [-0.15, -0.1) is 0 Å². The van der Waals surface area contributed by atoms with Crippen molar-refractivity contribution in [1.29, 1.82) is 0 Å². The monoisotopic (exact) mass is 399 g/mol. The summed E-state index contributed by atoms with van der Waals surface area (Å²) < 4.78 is 19.8. The molecule has 8 heteroatoms. The second-order valence-electron chi connectivity index (χ2n) is 7.32. The number of carbonyl (C=O) groups excluding carboxylic acids is 1. The van der Waals surface area contributed by atoms with Gasteiger partial charge in [0.2, 0.25) is 0 Å². The van der Waals surface area contributed by atoms with Crippen LogP contribution in [0.25, 0.3) is 0 Å². The van der Waals surface area contributed by atoms with Gasteiger partial charge in [0.25, 0.3) is 5.91 Å². The summed E-state index contributed by atoms with van der Waals surface area (Å²) in [5.41, 5.74) is 2.41. The molecule has 0 aromatic heterocycles. The number of anilines is 2. The highest BCUT2D eigenvalue weighted by molar-refractivity contribution is 5.97. The lowest BCUT2D eigenvalue weighted by molar-refractivity contribution is -0.122. The summed E-state index contributed by atoms with van der Waals surface area (Å²) in [5, 5.41) is 11.7. The van der Waals surface area contributed by atoms with Gasteiger partial charge in [-0.05, 0) is 48.9 Å². The topological polar surface area (TPSA) is 82.1 Å². The van der Waals surface area contributed by atoms with Crippen LogP contribution in [-0.2, 0) is 11.3 Å². The minimum absolute atomic E-state index is 0.0930. The first kappa shape index (κ1) is 19.2. The van der Waals surface area contributed by atoms with E-state index in [-0.39, 0.29) is 17.2 Å². The Labute approximate surface area is 167 Å². The highest BCUT2D eigenvalue weighted by Gasteiger charge is 2.27. The van der Waals surface area contributed by atoms with Gasteiger partial charge in [-0.25, -0.2) is 9.18 Å². The molecule has 0 saturated carbocycles. The second kappa shape index (κ2) is 7.71. The Bertz CT molecular complexity index is 940. The average molecular weight is 399 g/mol. The zero-order valence-corrected chi connectivity index (χ0v) is 16.0. The number of piperazine rings is 1. The van der Waals surface area contributed by atoms with Crippen LogP contribution in [0.4, 0.5) is 15.8 Å². The number of carbonyl (C=O) groups is 2. The smallest absolute Gasteiger partial charge is 0.335 e. The number of benzene rings is 2. The first-order chi connectivity index (χ1) is 13.9. The number of hydrogen-bond acceptors (Lipinski definition) is 5. The van der Waals surface area contributed by atoms with Crippen LogP contribution in [0.1, 0.15) is 22.8 Å². The number of ether oxygens (including phenoxy) is 1. The van der Waals surface area contributed by atoms with Crippen molar-refractivity contribution in [3.63, 3.8) is 0 Å². The number of rotatable bonds is 4. The molecule has 0 spiro atoms. The lowest BCUT2D eigenvalue weighted by atomic mass is 10.1. The Balaban J connectivity index is 1.39. The summed E-state index contributed by atoms with van der Waals surface area (Å²) in [4.78, 5) is 27.2. The van der Waals surface area contributed by atoms with E-state index in [9.17, 15) is 14.0 Å². The SMILES string of the molecule is CC1Oc2c(F)cc(CN3CCN(c4ccc(C(=O)O)cc4)CC3)cc2NC1=O. The Hall–Kier alpha value is -3.13. The number of hydrogen-bond donors (Lipinski definition) is 2. The fraction of sp³-hybridized carbons (Fsp3) is 0.333. The van der Waals surface area contributed by atoms with Crippen LogP contribution in [0.3, 0.4) is 0 Å². The fourth-order valence-corrected chi connectivity index (χ4v) is 3.66. The van der Waals surface area contributed by atoms with Gasteiger partial charge in [-0.2, -0.15) is 0 Å². The lowest BCUT2D eigenvalue weighted by Gasteiger charge is -2.36. The number of carboxylic acid groups (broad SMARTS) is 1. The molecule has 152 valence electrons. The van der Waals surface area contributed by atoms with Gasteiger partial charge in [0.15, 0.2) is 17.7 Å². The molecule has 1 amide bonds. The molecule has 2 aromatic carbocycles. The molecule has 1 saturated heterocycles. The molecular weight excluding hydrogens is 377 g/mol. The summed E-state index contributed by atoms with van der Waals surface area (Å²) in [6.45, 7) is 5.31. The number of carboxylic acids is 1. The molecule has 2 N–H and O–H groups in total. The zero-order valence-electron chi connectivity index (χ0n) is 16.0. The molecule has 2 aromatic rings. The van der Waals surface area contributed by atoms with Crippen LogP contribution in [0.15, 0.2) is 36.4 Å². The summed E-state index contributed by atoms with van der Waals surface area (Å²) in [6.07, 6.45) is -0.708. The number of halogens is 1. The molecule has 29 heavy (non-hydrogen) atoms. The van der Waals surface area contributed by atoms with Crippen LogP contribution < -0.4 is 15.0 Å². The van der Waals surface area contributed by atoms with Crippen molar-refractivity contribution in [3.05, 3.63) is 53.3 Å². The summed E-state index contributed by atoms with van der Waals surface area (Å²) in [6, 6.07) is 10.1. The van der Waals surface area contributed by atoms with E-state index in [4.69, 9.17) is 9.84 Å². The van der Waals surface area contributed by atoms with Gasteiger partial charge in [0.1, 0.15) is 0 Å². The number of nitrogens with zero attached hydrogens (tertiary/aromatic N) is 2. The van der Waals surface area contributed by atoms with E-state index in [1.165, 1.54) is 6.07 Å². The number of fused-ring (bicyclic) bond motifs is 1. The third-order valence-electron chi connectivity index (χ3n) is 5.28. The molecule has 1 atom stereocenters. The first-order valence-electron chi connectivity index (χ1n) is 9.51. The summed E-state index contributed by atoms with van der Waals surface area (Å²) in [7, 11) is 0. The third-order valence-corrected chi connectivity index (χ3v) is 5.28. The van der Waals surface area contributed by atoms with Crippen molar-refractivity contribution in [2.45, 2.75) is 19.6 Å². The third kappa shape index (κ3) is 4.02. The molecule has 2 aliphatic heterocycles. The van der Waals surface area contributed by atoms with E-state index in [0.717, 1.165) is 37.4 Å². The zero-order chi connectivity index (χ0) is 20.5. The second-order valence-corrected chi connectivity index (χ2v) is 7.32. The van der Waals surface area contributed by atoms with Crippen LogP contribution in [0, 0.1) is 5.82 Å². The normalized spacial score (nSPS) is 19.3. The molecular formula is C21H22FN3O4. The van der Waals surface area contributed by atoms with Crippen LogP contribution in [0.2, 0.25) is 0 Å². The molecule has 2 heterocycles. The Kier molecular flexibility index (Phi) is 5.10. The maximum atomic E-state index is 14.4. The van der Waals surface area contributed by atoms with E-state index in [0.29, 0.717) is 12.2 Å². The number of nitrogens with one attached hydrogen (secondary N) is 1. The molecule has 1 unspecified atom stereocenters. The largest absolute Gasteiger partial charge is 0.478 e. The van der Waals surface area contributed by atoms with Crippen molar-refractivity contribution < 1.29 is 23.8 Å². The maximum Gasteiger partial charge on any atom is 0.335 e. The van der Waals surface area contributed by atoms with Crippen LogP contribution in [-0.4, -0.2) is 54.2 Å². The molecule has 4 rings (SSSR count). The number of amides is 1. The Morgan fingerprint density at radius 2 is 1.90 bits per heavy atom. The number of aromatic carboxylic acids is 1. The molecule has 0 aliphatic carbocycles. The first-order valence-corrected chi connectivity index (χ1v) is 9.51. The maximum absolute atomic E-state index is 14.4. The highest BCUT2D eigenvalue weighted by atomic mass is 19.1. The van der Waals surface area contributed by atoms with E-state index >= 15 is 0 Å². The van der Waals surface area contributed by atoms with Gasteiger partial charge < -0.3 is 20.1 Å². The quantitative estimate of drug-likeness (QED) is 0.823.